The number of rotatable bonds is 6. The Labute approximate surface area is 147 Å². The average molecular weight is 364 g/mol. The van der Waals surface area contributed by atoms with E-state index >= 15 is 0 Å². The van der Waals surface area contributed by atoms with Crippen LogP contribution >= 0.6 is 0 Å². The average Bonchev–Trinajstić information content (AvgIpc) is 2.62. The van der Waals surface area contributed by atoms with Crippen LogP contribution in [0.15, 0.2) is 54.6 Å². The fourth-order valence-electron chi connectivity index (χ4n) is 2.79. The Balaban J connectivity index is 1.46. The Hall–Kier alpha value is -2.12. The molecule has 0 spiro atoms. The van der Waals surface area contributed by atoms with E-state index in [4.69, 9.17) is 4.18 Å². The van der Waals surface area contributed by atoms with Crippen molar-refractivity contribution in [3.05, 3.63) is 60.4 Å². The summed E-state index contributed by atoms with van der Waals surface area (Å²) in [7, 11) is -3.60. The zero-order valence-corrected chi connectivity index (χ0v) is 14.7. The van der Waals surface area contributed by atoms with Crippen LogP contribution in [0.2, 0.25) is 0 Å². The van der Waals surface area contributed by atoms with Crippen LogP contribution in [0.3, 0.4) is 0 Å². The summed E-state index contributed by atoms with van der Waals surface area (Å²) < 4.78 is 42.2. The molecule has 0 atom stereocenters. The molecule has 1 heterocycles. The van der Waals surface area contributed by atoms with E-state index in [1.165, 1.54) is 12.1 Å². The molecule has 1 aliphatic rings. The molecule has 25 heavy (non-hydrogen) atoms. The second kappa shape index (κ2) is 7.84. The lowest BCUT2D eigenvalue weighted by atomic mass is 10.2. The molecule has 5 nitrogen and oxygen atoms in total. The van der Waals surface area contributed by atoms with Crippen molar-refractivity contribution in [2.75, 3.05) is 43.4 Å². The smallest absolute Gasteiger partial charge is 0.310 e. The molecule has 2 aromatic rings. The van der Waals surface area contributed by atoms with E-state index in [0.717, 1.165) is 31.9 Å². The largest absolute Gasteiger partial charge is 0.382 e. The summed E-state index contributed by atoms with van der Waals surface area (Å²) >= 11 is 0. The number of para-hydroxylation sites is 1. The second-order valence-corrected chi connectivity index (χ2v) is 7.65. The van der Waals surface area contributed by atoms with Crippen LogP contribution in [0, 0.1) is 5.82 Å². The maximum Gasteiger partial charge on any atom is 0.310 e. The first-order valence-electron chi connectivity index (χ1n) is 8.22. The fourth-order valence-corrected chi connectivity index (χ4v) is 3.76. The van der Waals surface area contributed by atoms with Crippen LogP contribution in [-0.2, 0) is 10.1 Å². The van der Waals surface area contributed by atoms with Gasteiger partial charge in [0.05, 0.1) is 5.75 Å². The molecule has 0 saturated carbocycles. The molecule has 0 aromatic heterocycles. The summed E-state index contributed by atoms with van der Waals surface area (Å²) in [4.78, 5) is 4.27. The SMILES string of the molecule is O=S(=O)(CCN1CCN(c2ccc(F)cc2)CC1)Oc1ccccc1. The van der Waals surface area contributed by atoms with Gasteiger partial charge in [-0.15, -0.1) is 0 Å². The van der Waals surface area contributed by atoms with Gasteiger partial charge in [-0.05, 0) is 36.4 Å². The van der Waals surface area contributed by atoms with E-state index in [1.807, 2.05) is 0 Å². The number of hydrogen-bond acceptors (Lipinski definition) is 5. The van der Waals surface area contributed by atoms with E-state index in [2.05, 4.69) is 9.80 Å². The van der Waals surface area contributed by atoms with Crippen molar-refractivity contribution in [1.82, 2.24) is 4.90 Å². The lowest BCUT2D eigenvalue weighted by Gasteiger charge is -2.36. The molecule has 1 aliphatic heterocycles. The van der Waals surface area contributed by atoms with Crippen LogP contribution in [0.5, 0.6) is 5.75 Å². The Morgan fingerprint density at radius 2 is 1.56 bits per heavy atom. The van der Waals surface area contributed by atoms with Gasteiger partial charge < -0.3 is 9.08 Å². The van der Waals surface area contributed by atoms with Crippen LogP contribution in [0.25, 0.3) is 0 Å². The molecule has 0 N–H and O–H groups in total. The third-order valence-electron chi connectivity index (χ3n) is 4.19. The predicted molar refractivity (Wildman–Crippen MR) is 95.9 cm³/mol. The Morgan fingerprint density at radius 1 is 0.920 bits per heavy atom. The molecule has 0 aliphatic carbocycles. The number of hydrogen-bond donors (Lipinski definition) is 0. The monoisotopic (exact) mass is 364 g/mol. The van der Waals surface area contributed by atoms with Gasteiger partial charge in [0, 0.05) is 38.4 Å². The normalized spacial score (nSPS) is 16.0. The summed E-state index contributed by atoms with van der Waals surface area (Å²) in [6.45, 7) is 3.53. The summed E-state index contributed by atoms with van der Waals surface area (Å²) in [5.41, 5.74) is 0.987. The highest BCUT2D eigenvalue weighted by Gasteiger charge is 2.20. The van der Waals surface area contributed by atoms with Crippen molar-refractivity contribution in [1.29, 1.82) is 0 Å². The van der Waals surface area contributed by atoms with Crippen molar-refractivity contribution in [3.8, 4) is 5.75 Å². The highest BCUT2D eigenvalue weighted by molar-refractivity contribution is 7.87. The number of anilines is 1. The standard InChI is InChI=1S/C18H21FN2O3S/c19-16-6-8-17(9-7-16)21-12-10-20(11-13-21)14-15-25(22,23)24-18-4-2-1-3-5-18/h1-9H,10-15H2. The number of piperazine rings is 1. The first-order valence-corrected chi connectivity index (χ1v) is 9.80. The Kier molecular flexibility index (Phi) is 5.55. The molecule has 1 fully saturated rings. The van der Waals surface area contributed by atoms with Crippen LogP contribution in [-0.4, -0.2) is 51.8 Å². The third kappa shape index (κ3) is 5.17. The molecule has 0 unspecified atom stereocenters. The zero-order valence-electron chi connectivity index (χ0n) is 13.8. The number of benzene rings is 2. The quantitative estimate of drug-likeness (QED) is 0.737. The van der Waals surface area contributed by atoms with Crippen molar-refractivity contribution < 1.29 is 17.0 Å². The van der Waals surface area contributed by atoms with E-state index in [9.17, 15) is 12.8 Å². The second-order valence-electron chi connectivity index (χ2n) is 5.96. The lowest BCUT2D eigenvalue weighted by molar-refractivity contribution is 0.270. The van der Waals surface area contributed by atoms with Gasteiger partial charge in [0.2, 0.25) is 0 Å². The first-order chi connectivity index (χ1) is 12.0. The molecule has 7 heteroatoms. The molecule has 3 rings (SSSR count). The van der Waals surface area contributed by atoms with Gasteiger partial charge in [-0.1, -0.05) is 18.2 Å². The number of nitrogens with zero attached hydrogens (tertiary/aromatic N) is 2. The molecule has 0 bridgehead atoms. The first kappa shape index (κ1) is 17.7. The summed E-state index contributed by atoms with van der Waals surface area (Å²) in [5.74, 6) is 0.0490. The van der Waals surface area contributed by atoms with Gasteiger partial charge in [0.25, 0.3) is 0 Å². The van der Waals surface area contributed by atoms with Gasteiger partial charge in [0.1, 0.15) is 11.6 Å². The van der Waals surface area contributed by atoms with Gasteiger partial charge in [-0.3, -0.25) is 4.90 Å². The molecule has 134 valence electrons. The van der Waals surface area contributed by atoms with Crippen LogP contribution < -0.4 is 9.08 Å². The van der Waals surface area contributed by atoms with Gasteiger partial charge in [-0.2, -0.15) is 8.42 Å². The van der Waals surface area contributed by atoms with Crippen molar-refractivity contribution in [2.24, 2.45) is 0 Å². The topological polar surface area (TPSA) is 49.9 Å². The van der Waals surface area contributed by atoms with Gasteiger partial charge in [0.15, 0.2) is 0 Å². The molecular weight excluding hydrogens is 343 g/mol. The third-order valence-corrected chi connectivity index (χ3v) is 5.32. The molecule has 1 saturated heterocycles. The Morgan fingerprint density at radius 3 is 2.20 bits per heavy atom. The van der Waals surface area contributed by atoms with E-state index in [1.54, 1.807) is 42.5 Å². The minimum atomic E-state index is -3.60. The van der Waals surface area contributed by atoms with Gasteiger partial charge in [-0.25, -0.2) is 4.39 Å². The van der Waals surface area contributed by atoms with Gasteiger partial charge >= 0.3 is 10.1 Å². The molecule has 2 aromatic carbocycles. The number of halogens is 1. The van der Waals surface area contributed by atoms with Crippen molar-refractivity contribution in [3.63, 3.8) is 0 Å². The molecule has 0 amide bonds. The lowest BCUT2D eigenvalue weighted by Crippen LogP contribution is -2.47. The van der Waals surface area contributed by atoms with Crippen LogP contribution in [0.1, 0.15) is 0 Å². The van der Waals surface area contributed by atoms with Crippen molar-refractivity contribution in [2.45, 2.75) is 0 Å². The highest BCUT2D eigenvalue weighted by Crippen LogP contribution is 2.17. The zero-order chi connectivity index (χ0) is 17.7. The highest BCUT2D eigenvalue weighted by atomic mass is 32.2. The predicted octanol–water partition coefficient (Wildman–Crippen LogP) is 2.36. The maximum atomic E-state index is 13.0. The van der Waals surface area contributed by atoms with E-state index in [-0.39, 0.29) is 11.6 Å². The Bertz CT molecular complexity index is 774. The van der Waals surface area contributed by atoms with E-state index in [0.29, 0.717) is 12.3 Å². The maximum absolute atomic E-state index is 13.0. The molecular formula is C18H21FN2O3S. The minimum Gasteiger partial charge on any atom is -0.382 e. The van der Waals surface area contributed by atoms with Crippen molar-refractivity contribution >= 4 is 15.8 Å². The van der Waals surface area contributed by atoms with Crippen LogP contribution in [0.4, 0.5) is 10.1 Å². The summed E-state index contributed by atoms with van der Waals surface area (Å²) in [5, 5.41) is 0. The fraction of sp³-hybridized carbons (Fsp3) is 0.333. The molecule has 0 radical (unpaired) electrons. The minimum absolute atomic E-state index is 0.0432. The summed E-state index contributed by atoms with van der Waals surface area (Å²) in [6.07, 6.45) is 0. The summed E-state index contributed by atoms with van der Waals surface area (Å²) in [6, 6.07) is 15.0. The van der Waals surface area contributed by atoms with E-state index < -0.39 is 10.1 Å².